The highest BCUT2D eigenvalue weighted by Gasteiger charge is 2.49. The Kier molecular flexibility index (Phi) is 5.27. The Hall–Kier alpha value is -2.52. The van der Waals surface area contributed by atoms with E-state index in [0.29, 0.717) is 18.6 Å². The van der Waals surface area contributed by atoms with Gasteiger partial charge >= 0.3 is 0 Å². The first-order valence-corrected chi connectivity index (χ1v) is 10.4. The minimum absolute atomic E-state index is 0.0579. The van der Waals surface area contributed by atoms with E-state index in [1.165, 1.54) is 29.0 Å². The van der Waals surface area contributed by atoms with Gasteiger partial charge in [0.05, 0.1) is 22.5 Å². The first-order valence-electron chi connectivity index (χ1n) is 9.57. The first kappa shape index (κ1) is 20.7. The van der Waals surface area contributed by atoms with Crippen molar-refractivity contribution in [3.8, 4) is 5.75 Å². The van der Waals surface area contributed by atoms with E-state index in [-0.39, 0.29) is 40.7 Å². The van der Waals surface area contributed by atoms with Crippen molar-refractivity contribution in [2.45, 2.75) is 39.0 Å². The number of fused-ring (bicyclic) bond motifs is 2. The predicted octanol–water partition coefficient (Wildman–Crippen LogP) is 2.77. The summed E-state index contributed by atoms with van der Waals surface area (Å²) in [5.41, 5.74) is -1.43. The number of benzene rings is 1. The van der Waals surface area contributed by atoms with Crippen LogP contribution in [0.2, 0.25) is 0 Å². The van der Waals surface area contributed by atoms with Gasteiger partial charge in [0.15, 0.2) is 11.5 Å². The number of hydrogen-bond donors (Lipinski definition) is 2. The Labute approximate surface area is 180 Å². The maximum atomic E-state index is 13.4. The van der Waals surface area contributed by atoms with Crippen molar-refractivity contribution in [2.75, 3.05) is 6.61 Å². The van der Waals surface area contributed by atoms with Crippen molar-refractivity contribution >= 4 is 27.6 Å². The van der Waals surface area contributed by atoms with Crippen LogP contribution in [-0.4, -0.2) is 34.1 Å². The fourth-order valence-electron chi connectivity index (χ4n) is 4.09. The fraction of sp³-hybridized carbons (Fsp3) is 0.381. The molecule has 1 fully saturated rings. The topological polar surface area (TPSA) is 97.6 Å². The second-order valence-electron chi connectivity index (χ2n) is 7.86. The minimum Gasteiger partial charge on any atom is -0.503 e. The van der Waals surface area contributed by atoms with Gasteiger partial charge in [-0.2, -0.15) is 0 Å². The second kappa shape index (κ2) is 7.63. The van der Waals surface area contributed by atoms with Crippen LogP contribution in [0.1, 0.15) is 46.2 Å². The van der Waals surface area contributed by atoms with Crippen LogP contribution in [0.3, 0.4) is 0 Å². The van der Waals surface area contributed by atoms with E-state index in [0.717, 1.165) is 6.42 Å². The SMILES string of the molecule is C[C@]12CCCO[C@H]1Cn1cc(C(=O)NCc3ccc(F)c(Br)c3)c(=O)c(O)c1C2=O. The van der Waals surface area contributed by atoms with E-state index < -0.39 is 28.3 Å². The standard InChI is InChI=1S/C21H20BrFN2O5/c1-21-5-2-6-30-15(21)10-25-9-12(17(26)18(27)16(25)19(21)28)20(29)24-8-11-3-4-14(23)13(22)7-11/h3-4,7,9,15,27H,2,5-6,8,10H2,1H3,(H,24,29)/t15-,21-/m0/s1. The van der Waals surface area contributed by atoms with Gasteiger partial charge in [-0.1, -0.05) is 6.07 Å². The molecule has 1 saturated heterocycles. The molecule has 9 heteroatoms. The molecule has 0 aliphatic carbocycles. The lowest BCUT2D eigenvalue weighted by atomic mass is 9.71. The molecule has 1 aromatic heterocycles. The summed E-state index contributed by atoms with van der Waals surface area (Å²) in [6, 6.07) is 4.29. The largest absolute Gasteiger partial charge is 0.503 e. The molecule has 0 bridgehead atoms. The van der Waals surface area contributed by atoms with Crippen LogP contribution in [0, 0.1) is 11.2 Å². The molecule has 1 aromatic carbocycles. The van der Waals surface area contributed by atoms with E-state index in [1.807, 2.05) is 0 Å². The number of pyridine rings is 1. The number of carbonyl (C=O) groups is 2. The van der Waals surface area contributed by atoms with E-state index in [9.17, 15) is 23.9 Å². The highest BCUT2D eigenvalue weighted by Crippen LogP contribution is 2.42. The number of aromatic hydroxyl groups is 1. The fourth-order valence-corrected chi connectivity index (χ4v) is 4.52. The Bertz CT molecular complexity index is 1120. The molecule has 0 radical (unpaired) electrons. The number of hydrogen-bond acceptors (Lipinski definition) is 5. The Balaban J connectivity index is 1.63. The highest BCUT2D eigenvalue weighted by atomic mass is 79.9. The van der Waals surface area contributed by atoms with E-state index in [4.69, 9.17) is 4.74 Å². The zero-order valence-electron chi connectivity index (χ0n) is 16.2. The molecule has 4 rings (SSSR count). The summed E-state index contributed by atoms with van der Waals surface area (Å²) in [5.74, 6) is -2.19. The average Bonchev–Trinajstić information content (AvgIpc) is 2.72. The predicted molar refractivity (Wildman–Crippen MR) is 109 cm³/mol. The smallest absolute Gasteiger partial charge is 0.257 e. The summed E-state index contributed by atoms with van der Waals surface area (Å²) < 4.78 is 20.8. The van der Waals surface area contributed by atoms with Gasteiger partial charge in [-0.15, -0.1) is 0 Å². The number of carbonyl (C=O) groups excluding carboxylic acids is 2. The maximum Gasteiger partial charge on any atom is 0.257 e. The third kappa shape index (κ3) is 3.35. The van der Waals surface area contributed by atoms with Gasteiger partial charge in [0.1, 0.15) is 17.1 Å². The molecular weight excluding hydrogens is 459 g/mol. The van der Waals surface area contributed by atoms with Gasteiger partial charge in [0.25, 0.3) is 5.91 Å². The van der Waals surface area contributed by atoms with Crippen LogP contribution >= 0.6 is 15.9 Å². The molecule has 1 amide bonds. The molecule has 2 aromatic rings. The van der Waals surface area contributed by atoms with E-state index in [2.05, 4.69) is 21.2 Å². The summed E-state index contributed by atoms with van der Waals surface area (Å²) in [4.78, 5) is 38.3. The molecule has 0 unspecified atom stereocenters. The monoisotopic (exact) mass is 478 g/mol. The zero-order chi connectivity index (χ0) is 21.6. The van der Waals surface area contributed by atoms with Crippen LogP contribution in [0.5, 0.6) is 5.75 Å². The first-order chi connectivity index (χ1) is 14.2. The van der Waals surface area contributed by atoms with E-state index in [1.54, 1.807) is 6.92 Å². The van der Waals surface area contributed by atoms with Crippen molar-refractivity contribution in [1.29, 1.82) is 0 Å². The van der Waals surface area contributed by atoms with Crippen molar-refractivity contribution in [3.63, 3.8) is 0 Å². The molecule has 3 heterocycles. The third-order valence-corrected chi connectivity index (χ3v) is 6.51. The van der Waals surface area contributed by atoms with Gasteiger partial charge in [-0.25, -0.2) is 4.39 Å². The number of nitrogens with zero attached hydrogens (tertiary/aromatic N) is 1. The quantitative estimate of drug-likeness (QED) is 0.706. The summed E-state index contributed by atoms with van der Waals surface area (Å²) in [6.07, 6.45) is 2.24. The van der Waals surface area contributed by atoms with Crippen LogP contribution in [-0.2, 0) is 17.8 Å². The van der Waals surface area contributed by atoms with Crippen LogP contribution in [0.15, 0.2) is 33.7 Å². The molecule has 30 heavy (non-hydrogen) atoms. The zero-order valence-corrected chi connectivity index (χ0v) is 17.8. The number of aromatic nitrogens is 1. The Morgan fingerprint density at radius 1 is 1.43 bits per heavy atom. The molecule has 0 saturated carbocycles. The van der Waals surface area contributed by atoms with Gasteiger partial charge in [-0.3, -0.25) is 14.4 Å². The lowest BCUT2D eigenvalue weighted by Gasteiger charge is -2.44. The molecular formula is C21H20BrFN2O5. The van der Waals surface area contributed by atoms with Crippen LogP contribution in [0.4, 0.5) is 4.39 Å². The normalized spacial score (nSPS) is 22.9. The molecule has 2 aliphatic rings. The number of ether oxygens (including phenoxy) is 1. The molecule has 7 nitrogen and oxygen atoms in total. The number of amides is 1. The summed E-state index contributed by atoms with van der Waals surface area (Å²) in [5, 5.41) is 13.1. The average molecular weight is 479 g/mol. The maximum absolute atomic E-state index is 13.4. The molecule has 2 aliphatic heterocycles. The lowest BCUT2D eigenvalue weighted by molar-refractivity contribution is -0.0740. The lowest BCUT2D eigenvalue weighted by Crippen LogP contribution is -2.52. The van der Waals surface area contributed by atoms with Gasteiger partial charge in [0, 0.05) is 19.3 Å². The van der Waals surface area contributed by atoms with Crippen LogP contribution < -0.4 is 10.7 Å². The number of nitrogens with one attached hydrogen (secondary N) is 1. The summed E-state index contributed by atoms with van der Waals surface area (Å²) in [6.45, 7) is 2.64. The number of halogens is 2. The number of rotatable bonds is 3. The van der Waals surface area contributed by atoms with Crippen LogP contribution in [0.25, 0.3) is 0 Å². The second-order valence-corrected chi connectivity index (χ2v) is 8.72. The molecule has 0 spiro atoms. The summed E-state index contributed by atoms with van der Waals surface area (Å²) in [7, 11) is 0. The molecule has 2 atom stereocenters. The van der Waals surface area contributed by atoms with Crippen molar-refractivity contribution in [3.05, 3.63) is 61.7 Å². The van der Waals surface area contributed by atoms with E-state index >= 15 is 0 Å². The Morgan fingerprint density at radius 2 is 2.20 bits per heavy atom. The summed E-state index contributed by atoms with van der Waals surface area (Å²) >= 11 is 3.08. The molecule has 158 valence electrons. The van der Waals surface area contributed by atoms with Crippen molar-refractivity contribution in [1.82, 2.24) is 9.88 Å². The highest BCUT2D eigenvalue weighted by molar-refractivity contribution is 9.10. The van der Waals surface area contributed by atoms with Gasteiger partial charge in [0.2, 0.25) is 5.43 Å². The Morgan fingerprint density at radius 3 is 2.93 bits per heavy atom. The van der Waals surface area contributed by atoms with Crippen molar-refractivity contribution in [2.24, 2.45) is 5.41 Å². The van der Waals surface area contributed by atoms with Gasteiger partial charge in [-0.05, 0) is 53.4 Å². The van der Waals surface area contributed by atoms with Crippen molar-refractivity contribution < 1.29 is 23.8 Å². The number of ketones is 1. The third-order valence-electron chi connectivity index (χ3n) is 5.90. The van der Waals surface area contributed by atoms with Gasteiger partial charge < -0.3 is 19.7 Å². The number of Topliss-reactive ketones (excluding diaryl/α,β-unsaturated/α-hetero) is 1. The minimum atomic E-state index is -0.897. The molecule has 2 N–H and O–H groups in total.